The van der Waals surface area contributed by atoms with Crippen molar-refractivity contribution in [2.75, 3.05) is 20.1 Å². The van der Waals surface area contributed by atoms with Crippen molar-refractivity contribution in [1.82, 2.24) is 14.5 Å². The molecule has 0 aromatic carbocycles. The third kappa shape index (κ3) is 3.00. The van der Waals surface area contributed by atoms with E-state index in [9.17, 15) is 0 Å². The Labute approximate surface area is 117 Å². The Balaban J connectivity index is 2.19. The van der Waals surface area contributed by atoms with Crippen LogP contribution in [0.15, 0.2) is 12.5 Å². The first-order chi connectivity index (χ1) is 9.04. The molecule has 0 amide bonds. The molecule has 1 aliphatic rings. The molecule has 2 heterocycles. The van der Waals surface area contributed by atoms with E-state index in [4.69, 9.17) is 5.73 Å². The Morgan fingerprint density at radius 2 is 2.21 bits per heavy atom. The topological polar surface area (TPSA) is 47.1 Å². The molecule has 108 valence electrons. The number of imidazole rings is 1. The molecule has 0 bridgehead atoms. The van der Waals surface area contributed by atoms with Gasteiger partial charge in [0.25, 0.3) is 0 Å². The van der Waals surface area contributed by atoms with E-state index in [2.05, 4.69) is 42.3 Å². The van der Waals surface area contributed by atoms with Crippen molar-refractivity contribution in [2.24, 2.45) is 11.7 Å². The highest BCUT2D eigenvalue weighted by atomic mass is 15.2. The highest BCUT2D eigenvalue weighted by Crippen LogP contribution is 2.31. The summed E-state index contributed by atoms with van der Waals surface area (Å²) in [7, 11) is 2.21. The molecule has 3 atom stereocenters. The van der Waals surface area contributed by atoms with Crippen LogP contribution in [0.1, 0.15) is 51.3 Å². The van der Waals surface area contributed by atoms with Crippen molar-refractivity contribution in [1.29, 1.82) is 0 Å². The van der Waals surface area contributed by atoms with Crippen molar-refractivity contribution in [3.8, 4) is 0 Å². The maximum absolute atomic E-state index is 5.96. The molecule has 4 heteroatoms. The van der Waals surface area contributed by atoms with E-state index in [1.807, 2.05) is 12.5 Å². The van der Waals surface area contributed by atoms with Gasteiger partial charge in [0.2, 0.25) is 0 Å². The molecule has 4 nitrogen and oxygen atoms in total. The first-order valence-electron chi connectivity index (χ1n) is 7.46. The Bertz CT molecular complexity index is 399. The maximum Gasteiger partial charge on any atom is 0.0950 e. The molecule has 0 spiro atoms. The molecule has 1 fully saturated rings. The summed E-state index contributed by atoms with van der Waals surface area (Å²) in [6.07, 6.45) is 6.43. The molecule has 0 aliphatic carbocycles. The monoisotopic (exact) mass is 264 g/mol. The third-order valence-corrected chi connectivity index (χ3v) is 4.71. The van der Waals surface area contributed by atoms with Gasteiger partial charge in [-0.1, -0.05) is 13.8 Å². The summed E-state index contributed by atoms with van der Waals surface area (Å²) in [5, 5.41) is 0. The number of piperidine rings is 1. The van der Waals surface area contributed by atoms with Crippen LogP contribution in [0.25, 0.3) is 0 Å². The average molecular weight is 264 g/mol. The average Bonchev–Trinajstić information content (AvgIpc) is 2.82. The van der Waals surface area contributed by atoms with Crippen LogP contribution in [0.2, 0.25) is 0 Å². The zero-order chi connectivity index (χ0) is 14.0. The standard InChI is InChI=1S/C15H28N4/c1-11(2)14(8-16)15-9-17-10-19(15)13-5-6-18(4)12(3)7-13/h9-14H,5-8,16H2,1-4H3. The molecule has 2 N–H and O–H groups in total. The molecular formula is C15H28N4. The predicted octanol–water partition coefficient (Wildman–Crippen LogP) is 2.24. The van der Waals surface area contributed by atoms with Crippen molar-refractivity contribution in [2.45, 2.75) is 51.6 Å². The van der Waals surface area contributed by atoms with Gasteiger partial charge in [-0.05, 0) is 32.7 Å². The van der Waals surface area contributed by atoms with Crippen LogP contribution < -0.4 is 5.73 Å². The number of aromatic nitrogens is 2. The van der Waals surface area contributed by atoms with E-state index in [0.29, 0.717) is 30.5 Å². The lowest BCUT2D eigenvalue weighted by atomic mass is 9.91. The minimum Gasteiger partial charge on any atom is -0.331 e. The summed E-state index contributed by atoms with van der Waals surface area (Å²) in [5.41, 5.74) is 7.28. The molecule has 1 aromatic rings. The first kappa shape index (κ1) is 14.5. The van der Waals surface area contributed by atoms with E-state index < -0.39 is 0 Å². The zero-order valence-electron chi connectivity index (χ0n) is 12.7. The molecular weight excluding hydrogens is 236 g/mol. The van der Waals surface area contributed by atoms with Crippen molar-refractivity contribution in [3.05, 3.63) is 18.2 Å². The summed E-state index contributed by atoms with van der Waals surface area (Å²) >= 11 is 0. The SMILES string of the molecule is CC(C)C(CN)c1cncn1C1CCN(C)C(C)C1. The van der Waals surface area contributed by atoms with Crippen molar-refractivity contribution >= 4 is 0 Å². The lowest BCUT2D eigenvalue weighted by molar-refractivity contribution is 0.154. The molecule has 1 aromatic heterocycles. The van der Waals surface area contributed by atoms with Crippen LogP contribution in [0.5, 0.6) is 0 Å². The number of nitrogens with zero attached hydrogens (tertiary/aromatic N) is 3. The molecule has 2 rings (SSSR count). The second-order valence-electron chi connectivity index (χ2n) is 6.32. The second-order valence-corrected chi connectivity index (χ2v) is 6.32. The molecule has 3 unspecified atom stereocenters. The summed E-state index contributed by atoms with van der Waals surface area (Å²) in [6.45, 7) is 8.66. The summed E-state index contributed by atoms with van der Waals surface area (Å²) in [4.78, 5) is 6.83. The molecule has 0 radical (unpaired) electrons. The lowest BCUT2D eigenvalue weighted by Crippen LogP contribution is -2.39. The van der Waals surface area contributed by atoms with Crippen LogP contribution in [0.4, 0.5) is 0 Å². The van der Waals surface area contributed by atoms with Gasteiger partial charge in [-0.25, -0.2) is 4.98 Å². The van der Waals surface area contributed by atoms with E-state index >= 15 is 0 Å². The minimum atomic E-state index is 0.414. The minimum absolute atomic E-state index is 0.414. The van der Waals surface area contributed by atoms with Crippen LogP contribution in [-0.2, 0) is 0 Å². The highest BCUT2D eigenvalue weighted by molar-refractivity contribution is 5.10. The van der Waals surface area contributed by atoms with Gasteiger partial charge in [0.1, 0.15) is 0 Å². The van der Waals surface area contributed by atoms with Crippen LogP contribution in [-0.4, -0.2) is 40.6 Å². The van der Waals surface area contributed by atoms with E-state index in [-0.39, 0.29) is 0 Å². The van der Waals surface area contributed by atoms with Gasteiger partial charge in [-0.2, -0.15) is 0 Å². The number of hydrogen-bond acceptors (Lipinski definition) is 3. The smallest absolute Gasteiger partial charge is 0.0950 e. The van der Waals surface area contributed by atoms with Gasteiger partial charge in [0.15, 0.2) is 0 Å². The van der Waals surface area contributed by atoms with Crippen molar-refractivity contribution in [3.63, 3.8) is 0 Å². The van der Waals surface area contributed by atoms with Crippen molar-refractivity contribution < 1.29 is 0 Å². The van der Waals surface area contributed by atoms with Gasteiger partial charge < -0.3 is 15.2 Å². The summed E-state index contributed by atoms with van der Waals surface area (Å²) in [6, 6.07) is 1.22. The lowest BCUT2D eigenvalue weighted by Gasteiger charge is -2.37. The first-order valence-corrected chi connectivity index (χ1v) is 7.46. The van der Waals surface area contributed by atoms with Crippen LogP contribution in [0, 0.1) is 5.92 Å². The van der Waals surface area contributed by atoms with E-state index in [1.165, 1.54) is 25.1 Å². The summed E-state index contributed by atoms with van der Waals surface area (Å²) < 4.78 is 2.39. The van der Waals surface area contributed by atoms with Gasteiger partial charge in [0.05, 0.1) is 6.33 Å². The molecule has 1 aliphatic heterocycles. The fourth-order valence-electron chi connectivity index (χ4n) is 3.16. The normalized spacial score (nSPS) is 26.8. The summed E-state index contributed by atoms with van der Waals surface area (Å²) in [5.74, 6) is 0.974. The van der Waals surface area contributed by atoms with Gasteiger partial charge in [-0.15, -0.1) is 0 Å². The van der Waals surface area contributed by atoms with Gasteiger partial charge in [-0.3, -0.25) is 0 Å². The highest BCUT2D eigenvalue weighted by Gasteiger charge is 2.27. The molecule has 19 heavy (non-hydrogen) atoms. The van der Waals surface area contributed by atoms with E-state index in [1.54, 1.807) is 0 Å². The van der Waals surface area contributed by atoms with Crippen LogP contribution >= 0.6 is 0 Å². The third-order valence-electron chi connectivity index (χ3n) is 4.71. The predicted molar refractivity (Wildman–Crippen MR) is 79.2 cm³/mol. The Hall–Kier alpha value is -0.870. The Morgan fingerprint density at radius 3 is 2.79 bits per heavy atom. The fourth-order valence-corrected chi connectivity index (χ4v) is 3.16. The zero-order valence-corrected chi connectivity index (χ0v) is 12.7. The van der Waals surface area contributed by atoms with Gasteiger partial charge in [0, 0.05) is 43.0 Å². The largest absolute Gasteiger partial charge is 0.331 e. The quantitative estimate of drug-likeness (QED) is 0.907. The van der Waals surface area contributed by atoms with Crippen LogP contribution in [0.3, 0.4) is 0 Å². The van der Waals surface area contributed by atoms with Gasteiger partial charge >= 0.3 is 0 Å². The second kappa shape index (κ2) is 6.06. The number of hydrogen-bond donors (Lipinski definition) is 1. The Kier molecular flexibility index (Phi) is 4.63. The molecule has 1 saturated heterocycles. The number of likely N-dealkylation sites (tertiary alicyclic amines) is 1. The molecule has 0 saturated carbocycles. The maximum atomic E-state index is 5.96. The number of nitrogens with two attached hydrogens (primary N) is 1. The number of rotatable bonds is 4. The Morgan fingerprint density at radius 1 is 1.47 bits per heavy atom. The van der Waals surface area contributed by atoms with E-state index in [0.717, 1.165) is 0 Å². The fraction of sp³-hybridized carbons (Fsp3) is 0.800.